The SMILES string of the molecule is C[C@@H](C[S@](C)=O)N(C)c1nnc(C(F)(F)F)s1. The highest BCUT2D eigenvalue weighted by molar-refractivity contribution is 7.84. The molecular weight excluding hydrogens is 275 g/mol. The zero-order valence-electron chi connectivity index (χ0n) is 9.48. The Morgan fingerprint density at radius 1 is 1.47 bits per heavy atom. The van der Waals surface area contributed by atoms with Crippen molar-refractivity contribution in [2.24, 2.45) is 0 Å². The van der Waals surface area contributed by atoms with Crippen LogP contribution in [-0.4, -0.2) is 39.5 Å². The van der Waals surface area contributed by atoms with Crippen molar-refractivity contribution >= 4 is 27.3 Å². The summed E-state index contributed by atoms with van der Waals surface area (Å²) in [5.74, 6) is 0.372. The first kappa shape index (κ1) is 14.4. The number of aromatic nitrogens is 2. The lowest BCUT2D eigenvalue weighted by Crippen LogP contribution is -2.33. The Morgan fingerprint density at radius 2 is 2.06 bits per heavy atom. The van der Waals surface area contributed by atoms with Crippen LogP contribution in [0.4, 0.5) is 18.3 Å². The highest BCUT2D eigenvalue weighted by Crippen LogP contribution is 2.34. The first-order chi connectivity index (χ1) is 7.71. The van der Waals surface area contributed by atoms with Crippen molar-refractivity contribution in [1.29, 1.82) is 0 Å². The van der Waals surface area contributed by atoms with Crippen LogP contribution >= 0.6 is 11.3 Å². The Kier molecular flexibility index (Phi) is 4.48. The molecule has 0 aliphatic carbocycles. The van der Waals surface area contributed by atoms with E-state index in [1.54, 1.807) is 25.1 Å². The number of nitrogens with zero attached hydrogens (tertiary/aromatic N) is 3. The van der Waals surface area contributed by atoms with E-state index in [0.29, 0.717) is 17.1 Å². The summed E-state index contributed by atoms with van der Waals surface area (Å²) in [6.45, 7) is 1.77. The summed E-state index contributed by atoms with van der Waals surface area (Å²) in [5, 5.41) is 5.79. The molecule has 0 spiro atoms. The van der Waals surface area contributed by atoms with Crippen molar-refractivity contribution < 1.29 is 17.4 Å². The largest absolute Gasteiger partial charge is 0.445 e. The van der Waals surface area contributed by atoms with E-state index in [1.807, 2.05) is 0 Å². The number of anilines is 1. The van der Waals surface area contributed by atoms with E-state index in [1.165, 1.54) is 0 Å². The van der Waals surface area contributed by atoms with Crippen molar-refractivity contribution in [1.82, 2.24) is 10.2 Å². The van der Waals surface area contributed by atoms with Crippen molar-refractivity contribution in [3.63, 3.8) is 0 Å². The summed E-state index contributed by atoms with van der Waals surface area (Å²) in [7, 11) is 0.602. The maximum atomic E-state index is 12.3. The molecule has 1 rings (SSSR count). The summed E-state index contributed by atoms with van der Waals surface area (Å²) in [5.41, 5.74) is 0. The second-order valence-corrected chi connectivity index (χ2v) is 6.02. The minimum absolute atomic E-state index is 0.158. The lowest BCUT2D eigenvalue weighted by Gasteiger charge is -2.22. The smallest absolute Gasteiger partial charge is 0.346 e. The van der Waals surface area contributed by atoms with Crippen LogP contribution in [0.25, 0.3) is 0 Å². The van der Waals surface area contributed by atoms with Gasteiger partial charge in [-0.3, -0.25) is 4.21 Å². The molecule has 0 amide bonds. The number of hydrogen-bond donors (Lipinski definition) is 0. The first-order valence-corrected chi connectivity index (χ1v) is 7.19. The van der Waals surface area contributed by atoms with Gasteiger partial charge in [-0.1, -0.05) is 11.3 Å². The lowest BCUT2D eigenvalue weighted by atomic mass is 10.4. The number of hydrogen-bond acceptors (Lipinski definition) is 5. The van der Waals surface area contributed by atoms with Crippen LogP contribution in [0.3, 0.4) is 0 Å². The third-order valence-electron chi connectivity index (χ3n) is 2.10. The molecule has 0 fully saturated rings. The Labute approximate surface area is 103 Å². The topological polar surface area (TPSA) is 46.1 Å². The summed E-state index contributed by atoms with van der Waals surface area (Å²) in [4.78, 5) is 1.55. The minimum Gasteiger partial charge on any atom is -0.346 e. The van der Waals surface area contributed by atoms with Crippen molar-refractivity contribution in [2.75, 3.05) is 24.0 Å². The van der Waals surface area contributed by atoms with Crippen LogP contribution in [0.2, 0.25) is 0 Å². The zero-order valence-corrected chi connectivity index (χ0v) is 11.1. The van der Waals surface area contributed by atoms with E-state index < -0.39 is 22.0 Å². The predicted molar refractivity (Wildman–Crippen MR) is 61.7 cm³/mol. The molecule has 9 heteroatoms. The van der Waals surface area contributed by atoms with Crippen LogP contribution in [0.15, 0.2) is 0 Å². The normalized spacial score (nSPS) is 15.6. The molecule has 0 aliphatic heterocycles. The number of rotatable bonds is 4. The van der Waals surface area contributed by atoms with Gasteiger partial charge in [0.05, 0.1) is 0 Å². The van der Waals surface area contributed by atoms with Gasteiger partial charge in [0.15, 0.2) is 0 Å². The molecule has 0 N–H and O–H groups in total. The summed E-state index contributed by atoms with van der Waals surface area (Å²) >= 11 is 0.483. The van der Waals surface area contributed by atoms with Gasteiger partial charge in [-0.15, -0.1) is 10.2 Å². The van der Waals surface area contributed by atoms with E-state index in [-0.39, 0.29) is 11.2 Å². The van der Waals surface area contributed by atoms with Crippen molar-refractivity contribution in [3.05, 3.63) is 5.01 Å². The molecule has 1 aromatic heterocycles. The van der Waals surface area contributed by atoms with Crippen LogP contribution in [-0.2, 0) is 17.0 Å². The zero-order chi connectivity index (χ0) is 13.2. The number of halogens is 3. The molecule has 0 radical (unpaired) electrons. The maximum absolute atomic E-state index is 12.3. The van der Waals surface area contributed by atoms with Gasteiger partial charge < -0.3 is 4.90 Å². The monoisotopic (exact) mass is 287 g/mol. The van der Waals surface area contributed by atoms with Crippen LogP contribution in [0.5, 0.6) is 0 Å². The molecule has 0 aliphatic rings. The fraction of sp³-hybridized carbons (Fsp3) is 0.750. The van der Waals surface area contributed by atoms with Gasteiger partial charge in [-0.05, 0) is 6.92 Å². The minimum atomic E-state index is -4.46. The third kappa shape index (κ3) is 3.91. The van der Waals surface area contributed by atoms with Crippen LogP contribution in [0.1, 0.15) is 11.9 Å². The number of alkyl halides is 3. The molecule has 1 aromatic rings. The van der Waals surface area contributed by atoms with E-state index in [9.17, 15) is 17.4 Å². The molecule has 17 heavy (non-hydrogen) atoms. The standard InChI is InChI=1S/C8H12F3N3OS2/c1-5(4-17(3)15)14(2)7-13-12-6(16-7)8(9,10)11/h5H,4H2,1-3H3/t5-,17-/m0/s1. The maximum Gasteiger partial charge on any atom is 0.445 e. The quantitative estimate of drug-likeness (QED) is 0.846. The van der Waals surface area contributed by atoms with Gasteiger partial charge in [-0.2, -0.15) is 13.2 Å². The molecule has 0 aromatic carbocycles. The predicted octanol–water partition coefficient (Wildman–Crippen LogP) is 1.76. The van der Waals surface area contributed by atoms with Gasteiger partial charge in [0, 0.05) is 35.9 Å². The Morgan fingerprint density at radius 3 is 2.47 bits per heavy atom. The Balaban J connectivity index is 2.79. The van der Waals surface area contributed by atoms with Gasteiger partial charge in [0.2, 0.25) is 10.1 Å². The fourth-order valence-corrected chi connectivity index (χ4v) is 2.79. The molecule has 0 unspecified atom stereocenters. The van der Waals surface area contributed by atoms with E-state index in [0.717, 1.165) is 0 Å². The highest BCUT2D eigenvalue weighted by Gasteiger charge is 2.36. The molecule has 4 nitrogen and oxygen atoms in total. The van der Waals surface area contributed by atoms with Crippen LogP contribution in [0, 0.1) is 0 Å². The Hall–Kier alpha value is -0.700. The van der Waals surface area contributed by atoms with E-state index in [2.05, 4.69) is 10.2 Å². The molecule has 0 saturated carbocycles. The second-order valence-electron chi connectivity index (χ2n) is 3.59. The molecule has 2 atom stereocenters. The third-order valence-corrected chi connectivity index (χ3v) is 4.11. The molecule has 0 saturated heterocycles. The average molecular weight is 287 g/mol. The average Bonchev–Trinajstić information content (AvgIpc) is 2.63. The molecular formula is C8H12F3N3OS2. The summed E-state index contributed by atoms with van der Waals surface area (Å²) in [6.07, 6.45) is -2.92. The summed E-state index contributed by atoms with van der Waals surface area (Å²) in [6, 6.07) is -0.158. The molecule has 98 valence electrons. The lowest BCUT2D eigenvalue weighted by molar-refractivity contribution is -0.138. The van der Waals surface area contributed by atoms with Gasteiger partial charge >= 0.3 is 6.18 Å². The fourth-order valence-electron chi connectivity index (χ4n) is 1.11. The van der Waals surface area contributed by atoms with Crippen molar-refractivity contribution in [2.45, 2.75) is 19.1 Å². The molecule has 0 bridgehead atoms. The van der Waals surface area contributed by atoms with Crippen LogP contribution < -0.4 is 4.90 Å². The highest BCUT2D eigenvalue weighted by atomic mass is 32.2. The second kappa shape index (κ2) is 5.30. The van der Waals surface area contributed by atoms with E-state index >= 15 is 0 Å². The van der Waals surface area contributed by atoms with Gasteiger partial charge in [0.1, 0.15) is 0 Å². The Bertz CT molecular complexity index is 407. The molecule has 1 heterocycles. The van der Waals surface area contributed by atoms with Gasteiger partial charge in [0.25, 0.3) is 0 Å². The van der Waals surface area contributed by atoms with Crippen molar-refractivity contribution in [3.8, 4) is 0 Å². The van der Waals surface area contributed by atoms with Gasteiger partial charge in [-0.25, -0.2) is 0 Å². The summed E-state index contributed by atoms with van der Waals surface area (Å²) < 4.78 is 48.0. The van der Waals surface area contributed by atoms with E-state index in [4.69, 9.17) is 0 Å². The first-order valence-electron chi connectivity index (χ1n) is 4.65.